The van der Waals surface area contributed by atoms with Crippen molar-refractivity contribution in [2.75, 3.05) is 45.9 Å². The van der Waals surface area contributed by atoms with E-state index in [1.165, 1.54) is 19.5 Å². The number of nitrogens with zero attached hydrogens (tertiary/aromatic N) is 2. The molecule has 2 N–H and O–H groups in total. The van der Waals surface area contributed by atoms with Crippen LogP contribution in [0.1, 0.15) is 20.3 Å². The first kappa shape index (κ1) is 13.3. The number of morpholine rings is 1. The van der Waals surface area contributed by atoms with Crippen molar-refractivity contribution >= 4 is 0 Å². The van der Waals surface area contributed by atoms with Gasteiger partial charge in [-0.2, -0.15) is 0 Å². The smallest absolute Gasteiger partial charge is 0.0594 e. The van der Waals surface area contributed by atoms with Gasteiger partial charge >= 0.3 is 0 Å². The lowest BCUT2D eigenvalue weighted by Gasteiger charge is -2.33. The molecule has 17 heavy (non-hydrogen) atoms. The third kappa shape index (κ3) is 3.19. The monoisotopic (exact) mass is 241 g/mol. The quantitative estimate of drug-likeness (QED) is 0.772. The van der Waals surface area contributed by atoms with Crippen LogP contribution in [0.15, 0.2) is 0 Å². The van der Waals surface area contributed by atoms with E-state index < -0.39 is 0 Å². The third-order valence-electron chi connectivity index (χ3n) is 4.53. The van der Waals surface area contributed by atoms with Crippen LogP contribution in [0.3, 0.4) is 0 Å². The van der Waals surface area contributed by atoms with Crippen LogP contribution < -0.4 is 5.73 Å². The lowest BCUT2D eigenvalue weighted by atomic mass is 10.0. The van der Waals surface area contributed by atoms with Crippen LogP contribution >= 0.6 is 0 Å². The molecule has 4 nitrogen and oxygen atoms in total. The topological polar surface area (TPSA) is 41.7 Å². The van der Waals surface area contributed by atoms with Crippen LogP contribution in [0.5, 0.6) is 0 Å². The Hall–Kier alpha value is -0.160. The zero-order chi connectivity index (χ0) is 12.3. The molecule has 2 aliphatic rings. The summed E-state index contributed by atoms with van der Waals surface area (Å²) >= 11 is 0. The molecule has 3 unspecified atom stereocenters. The van der Waals surface area contributed by atoms with E-state index in [9.17, 15) is 0 Å². The van der Waals surface area contributed by atoms with E-state index >= 15 is 0 Å². The fourth-order valence-corrected chi connectivity index (χ4v) is 2.94. The van der Waals surface area contributed by atoms with E-state index in [4.69, 9.17) is 10.5 Å². The largest absolute Gasteiger partial charge is 0.379 e. The van der Waals surface area contributed by atoms with Crippen LogP contribution in [0.2, 0.25) is 0 Å². The zero-order valence-corrected chi connectivity index (χ0v) is 11.3. The van der Waals surface area contributed by atoms with E-state index in [0.29, 0.717) is 12.0 Å². The van der Waals surface area contributed by atoms with Gasteiger partial charge in [0.15, 0.2) is 0 Å². The van der Waals surface area contributed by atoms with E-state index in [-0.39, 0.29) is 0 Å². The maximum atomic E-state index is 5.76. The molecule has 2 aliphatic heterocycles. The molecule has 2 heterocycles. The van der Waals surface area contributed by atoms with Crippen molar-refractivity contribution in [3.63, 3.8) is 0 Å². The second-order valence-electron chi connectivity index (χ2n) is 5.54. The molecular weight excluding hydrogens is 214 g/mol. The van der Waals surface area contributed by atoms with Crippen LogP contribution in [0, 0.1) is 5.92 Å². The maximum Gasteiger partial charge on any atom is 0.0594 e. The Balaban J connectivity index is 1.82. The summed E-state index contributed by atoms with van der Waals surface area (Å²) in [6.07, 6.45) is 1.31. The molecule has 2 rings (SSSR count). The minimum absolute atomic E-state index is 0.596. The predicted octanol–water partition coefficient (Wildman–Crippen LogP) is 0.376. The predicted molar refractivity (Wildman–Crippen MR) is 70.1 cm³/mol. The van der Waals surface area contributed by atoms with Gasteiger partial charge in [0.05, 0.1) is 13.2 Å². The van der Waals surface area contributed by atoms with Gasteiger partial charge in [0.2, 0.25) is 0 Å². The average Bonchev–Trinajstić information content (AvgIpc) is 2.87. The lowest BCUT2D eigenvalue weighted by Crippen LogP contribution is -2.46. The molecule has 0 amide bonds. The Labute approximate surface area is 105 Å². The van der Waals surface area contributed by atoms with Crippen molar-refractivity contribution in [1.82, 2.24) is 9.80 Å². The molecule has 100 valence electrons. The summed E-state index contributed by atoms with van der Waals surface area (Å²) in [6.45, 7) is 11.8. The van der Waals surface area contributed by atoms with Gasteiger partial charge in [0, 0.05) is 38.3 Å². The third-order valence-corrected chi connectivity index (χ3v) is 4.53. The minimum atomic E-state index is 0.596. The molecule has 2 fully saturated rings. The summed E-state index contributed by atoms with van der Waals surface area (Å²) < 4.78 is 5.42. The van der Waals surface area contributed by atoms with Crippen molar-refractivity contribution in [2.24, 2.45) is 11.7 Å². The van der Waals surface area contributed by atoms with Crippen molar-refractivity contribution in [3.8, 4) is 0 Å². The van der Waals surface area contributed by atoms with Crippen LogP contribution in [-0.4, -0.2) is 67.8 Å². The zero-order valence-electron chi connectivity index (χ0n) is 11.3. The van der Waals surface area contributed by atoms with Crippen molar-refractivity contribution in [1.29, 1.82) is 0 Å². The summed E-state index contributed by atoms with van der Waals surface area (Å²) in [6, 6.07) is 1.36. The molecule has 0 spiro atoms. The molecule has 0 saturated carbocycles. The molecule has 0 bridgehead atoms. The molecule has 0 aromatic rings. The first-order valence-electron chi connectivity index (χ1n) is 6.98. The number of hydrogen-bond acceptors (Lipinski definition) is 4. The highest BCUT2D eigenvalue weighted by Crippen LogP contribution is 2.21. The van der Waals surface area contributed by atoms with E-state index in [0.717, 1.165) is 38.9 Å². The van der Waals surface area contributed by atoms with E-state index in [2.05, 4.69) is 23.6 Å². The second kappa shape index (κ2) is 6.14. The first-order chi connectivity index (χ1) is 8.22. The Morgan fingerprint density at radius 3 is 2.59 bits per heavy atom. The van der Waals surface area contributed by atoms with Crippen LogP contribution in [0.25, 0.3) is 0 Å². The van der Waals surface area contributed by atoms with Gasteiger partial charge in [0.25, 0.3) is 0 Å². The Bertz CT molecular complexity index is 223. The molecule has 0 aliphatic carbocycles. The average molecular weight is 241 g/mol. The van der Waals surface area contributed by atoms with E-state index in [1.54, 1.807) is 0 Å². The molecule has 0 aromatic heterocycles. The molecule has 4 heteroatoms. The highest BCUT2D eigenvalue weighted by Gasteiger charge is 2.32. The number of ether oxygens (including phenoxy) is 1. The second-order valence-corrected chi connectivity index (χ2v) is 5.54. The SMILES string of the molecule is CC(CN)C(C)N1CCC(N2CCOCC2)C1. The maximum absolute atomic E-state index is 5.76. The van der Waals surface area contributed by atoms with Crippen molar-refractivity contribution in [3.05, 3.63) is 0 Å². The van der Waals surface area contributed by atoms with Gasteiger partial charge in [-0.15, -0.1) is 0 Å². The molecule has 2 saturated heterocycles. The normalized spacial score (nSPS) is 31.6. The molecule has 0 radical (unpaired) electrons. The summed E-state index contributed by atoms with van der Waals surface area (Å²) in [5.74, 6) is 0.596. The van der Waals surface area contributed by atoms with Gasteiger partial charge in [0.1, 0.15) is 0 Å². The van der Waals surface area contributed by atoms with E-state index in [1.807, 2.05) is 0 Å². The van der Waals surface area contributed by atoms with Gasteiger partial charge in [-0.3, -0.25) is 9.80 Å². The number of likely N-dealkylation sites (tertiary alicyclic amines) is 1. The number of rotatable bonds is 4. The summed E-state index contributed by atoms with van der Waals surface area (Å²) in [7, 11) is 0. The minimum Gasteiger partial charge on any atom is -0.379 e. The summed E-state index contributed by atoms with van der Waals surface area (Å²) in [4.78, 5) is 5.21. The first-order valence-corrected chi connectivity index (χ1v) is 6.98. The van der Waals surface area contributed by atoms with Crippen LogP contribution in [-0.2, 0) is 4.74 Å². The number of nitrogens with two attached hydrogens (primary N) is 1. The molecule has 3 atom stereocenters. The highest BCUT2D eigenvalue weighted by molar-refractivity contribution is 4.88. The van der Waals surface area contributed by atoms with Gasteiger partial charge < -0.3 is 10.5 Å². The lowest BCUT2D eigenvalue weighted by molar-refractivity contribution is 0.0172. The van der Waals surface area contributed by atoms with Gasteiger partial charge in [-0.25, -0.2) is 0 Å². The Morgan fingerprint density at radius 2 is 1.94 bits per heavy atom. The highest BCUT2D eigenvalue weighted by atomic mass is 16.5. The summed E-state index contributed by atoms with van der Waals surface area (Å²) in [5.41, 5.74) is 5.76. The number of hydrogen-bond donors (Lipinski definition) is 1. The summed E-state index contributed by atoms with van der Waals surface area (Å²) in [5, 5.41) is 0. The van der Waals surface area contributed by atoms with Gasteiger partial charge in [-0.1, -0.05) is 6.92 Å². The molecular formula is C13H27N3O. The standard InChI is InChI=1S/C13H27N3O/c1-11(9-14)12(2)16-4-3-13(10-16)15-5-7-17-8-6-15/h11-13H,3-10,14H2,1-2H3. The Morgan fingerprint density at radius 1 is 1.24 bits per heavy atom. The van der Waals surface area contributed by atoms with Crippen molar-refractivity contribution in [2.45, 2.75) is 32.4 Å². The fourth-order valence-electron chi connectivity index (χ4n) is 2.94. The molecule has 0 aromatic carbocycles. The Kier molecular flexibility index (Phi) is 4.79. The van der Waals surface area contributed by atoms with Crippen LogP contribution in [0.4, 0.5) is 0 Å². The van der Waals surface area contributed by atoms with Gasteiger partial charge in [-0.05, 0) is 25.8 Å². The fraction of sp³-hybridized carbons (Fsp3) is 1.00. The van der Waals surface area contributed by atoms with Crippen molar-refractivity contribution < 1.29 is 4.74 Å².